The van der Waals surface area contributed by atoms with Gasteiger partial charge in [0.15, 0.2) is 6.61 Å². The van der Waals surface area contributed by atoms with Crippen molar-refractivity contribution in [3.8, 4) is 5.75 Å². The quantitative estimate of drug-likeness (QED) is 0.264. The van der Waals surface area contributed by atoms with Gasteiger partial charge < -0.3 is 4.74 Å². The summed E-state index contributed by atoms with van der Waals surface area (Å²) in [6.45, 7) is 2.14. The topological polar surface area (TPSA) is 50.7 Å². The molecule has 0 spiro atoms. The van der Waals surface area contributed by atoms with Gasteiger partial charge in [0.2, 0.25) is 0 Å². The lowest BCUT2D eigenvalue weighted by atomic mass is 10.1. The molecule has 4 nitrogen and oxygen atoms in total. The Morgan fingerprint density at radius 3 is 2.52 bits per heavy atom. The number of hydrogen-bond donors (Lipinski definition) is 1. The molecule has 1 amide bonds. The lowest BCUT2D eigenvalue weighted by Crippen LogP contribution is -2.24. The molecule has 25 heavy (non-hydrogen) atoms. The van der Waals surface area contributed by atoms with E-state index in [1.54, 1.807) is 6.21 Å². The first-order valence-corrected chi connectivity index (χ1v) is 9.54. The van der Waals surface area contributed by atoms with Crippen molar-refractivity contribution in [2.24, 2.45) is 5.10 Å². The molecule has 0 bridgehead atoms. The number of aryl methyl sites for hydroxylation is 1. The summed E-state index contributed by atoms with van der Waals surface area (Å²) >= 11 is 2.24. The lowest BCUT2D eigenvalue weighted by Gasteiger charge is -2.06. The van der Waals surface area contributed by atoms with Crippen LogP contribution in [0.5, 0.6) is 5.75 Å². The van der Waals surface area contributed by atoms with Gasteiger partial charge in [-0.15, -0.1) is 0 Å². The Morgan fingerprint density at radius 2 is 1.84 bits per heavy atom. The van der Waals surface area contributed by atoms with Gasteiger partial charge in [-0.1, -0.05) is 44.0 Å². The van der Waals surface area contributed by atoms with Gasteiger partial charge in [0, 0.05) is 3.57 Å². The Kier molecular flexibility index (Phi) is 8.45. The number of nitrogens with one attached hydrogen (secondary N) is 1. The van der Waals surface area contributed by atoms with Gasteiger partial charge in [0.1, 0.15) is 5.75 Å². The van der Waals surface area contributed by atoms with Gasteiger partial charge in [0.25, 0.3) is 5.91 Å². The zero-order valence-electron chi connectivity index (χ0n) is 14.4. The maximum atomic E-state index is 11.8. The molecule has 0 fully saturated rings. The van der Waals surface area contributed by atoms with Gasteiger partial charge >= 0.3 is 0 Å². The minimum Gasteiger partial charge on any atom is -0.484 e. The van der Waals surface area contributed by atoms with Crippen molar-refractivity contribution in [3.05, 3.63) is 63.2 Å². The molecule has 2 aromatic carbocycles. The van der Waals surface area contributed by atoms with Crippen molar-refractivity contribution in [2.75, 3.05) is 6.61 Å². The number of rotatable bonds is 9. The van der Waals surface area contributed by atoms with E-state index in [1.807, 2.05) is 36.4 Å². The fourth-order valence-corrected chi connectivity index (χ4v) is 2.60. The number of carbonyl (C=O) groups excluding carboxylic acids is 1. The summed E-state index contributed by atoms with van der Waals surface area (Å²) in [7, 11) is 0. The van der Waals surface area contributed by atoms with Crippen LogP contribution in [0.3, 0.4) is 0 Å². The number of unbranched alkanes of at least 4 members (excludes halogenated alkanes) is 2. The van der Waals surface area contributed by atoms with Crippen LogP contribution in [0.15, 0.2) is 53.6 Å². The normalized spacial score (nSPS) is 10.8. The second-order valence-corrected chi connectivity index (χ2v) is 6.98. The van der Waals surface area contributed by atoms with E-state index in [-0.39, 0.29) is 12.5 Å². The molecule has 0 aliphatic rings. The molecule has 0 saturated carbocycles. The Bertz CT molecular complexity index is 682. The molecule has 2 rings (SSSR count). The Hall–Kier alpha value is -1.89. The predicted molar refractivity (Wildman–Crippen MR) is 110 cm³/mol. The van der Waals surface area contributed by atoms with E-state index in [2.05, 4.69) is 52.2 Å². The van der Waals surface area contributed by atoms with Crippen LogP contribution in [0.4, 0.5) is 0 Å². The van der Waals surface area contributed by atoms with Crippen molar-refractivity contribution in [2.45, 2.75) is 32.6 Å². The van der Waals surface area contributed by atoms with E-state index >= 15 is 0 Å². The van der Waals surface area contributed by atoms with Crippen LogP contribution in [-0.2, 0) is 11.2 Å². The van der Waals surface area contributed by atoms with E-state index in [4.69, 9.17) is 4.74 Å². The third-order valence-corrected chi connectivity index (χ3v) is 4.35. The second-order valence-electron chi connectivity index (χ2n) is 5.73. The average Bonchev–Trinajstić information content (AvgIpc) is 2.63. The molecule has 0 saturated heterocycles. The van der Waals surface area contributed by atoms with Gasteiger partial charge in [-0.25, -0.2) is 5.43 Å². The third-order valence-electron chi connectivity index (χ3n) is 3.64. The summed E-state index contributed by atoms with van der Waals surface area (Å²) < 4.78 is 6.64. The Balaban J connectivity index is 1.71. The van der Waals surface area contributed by atoms with Crippen LogP contribution < -0.4 is 10.2 Å². The molecule has 132 valence electrons. The highest BCUT2D eigenvalue weighted by Crippen LogP contribution is 2.14. The number of amides is 1. The largest absolute Gasteiger partial charge is 0.484 e. The molecule has 0 radical (unpaired) electrons. The van der Waals surface area contributed by atoms with Crippen molar-refractivity contribution >= 4 is 34.7 Å². The summed E-state index contributed by atoms with van der Waals surface area (Å²) in [4.78, 5) is 11.8. The summed E-state index contributed by atoms with van der Waals surface area (Å²) in [6, 6.07) is 15.8. The van der Waals surface area contributed by atoms with E-state index < -0.39 is 0 Å². The van der Waals surface area contributed by atoms with Crippen molar-refractivity contribution in [3.63, 3.8) is 0 Å². The Labute approximate surface area is 162 Å². The molecule has 1 N–H and O–H groups in total. The monoisotopic (exact) mass is 450 g/mol. The SMILES string of the molecule is CCCCCc1ccc(OCC(=O)N/N=C\c2ccc(I)cc2)cc1. The van der Waals surface area contributed by atoms with Crippen LogP contribution in [-0.4, -0.2) is 18.7 Å². The van der Waals surface area contributed by atoms with Crippen molar-refractivity contribution in [1.82, 2.24) is 5.43 Å². The molecule has 0 atom stereocenters. The lowest BCUT2D eigenvalue weighted by molar-refractivity contribution is -0.123. The van der Waals surface area contributed by atoms with Gasteiger partial charge in [-0.05, 0) is 70.8 Å². The van der Waals surface area contributed by atoms with Crippen LogP contribution >= 0.6 is 22.6 Å². The predicted octanol–water partition coefficient (Wildman–Crippen LogP) is 4.55. The Morgan fingerprint density at radius 1 is 1.12 bits per heavy atom. The maximum Gasteiger partial charge on any atom is 0.277 e. The van der Waals surface area contributed by atoms with Crippen LogP contribution in [0.2, 0.25) is 0 Å². The molecular formula is C20H23IN2O2. The average molecular weight is 450 g/mol. The molecule has 2 aromatic rings. The van der Waals surface area contributed by atoms with E-state index in [0.717, 1.165) is 15.6 Å². The van der Waals surface area contributed by atoms with Crippen LogP contribution in [0.1, 0.15) is 37.3 Å². The number of hydrogen-bond acceptors (Lipinski definition) is 3. The molecule has 0 unspecified atom stereocenters. The van der Waals surface area contributed by atoms with Crippen molar-refractivity contribution in [1.29, 1.82) is 0 Å². The smallest absolute Gasteiger partial charge is 0.277 e. The number of benzene rings is 2. The summed E-state index contributed by atoms with van der Waals surface area (Å²) in [5.41, 5.74) is 4.69. The molecule has 0 heterocycles. The third kappa shape index (κ3) is 7.69. The highest BCUT2D eigenvalue weighted by Gasteiger charge is 2.02. The van der Waals surface area contributed by atoms with Crippen molar-refractivity contribution < 1.29 is 9.53 Å². The maximum absolute atomic E-state index is 11.8. The number of nitrogens with zero attached hydrogens (tertiary/aromatic N) is 1. The zero-order valence-corrected chi connectivity index (χ0v) is 16.5. The first-order chi connectivity index (χ1) is 12.2. The second kappa shape index (κ2) is 10.9. The molecule has 5 heteroatoms. The van der Waals surface area contributed by atoms with E-state index in [0.29, 0.717) is 5.75 Å². The highest BCUT2D eigenvalue weighted by atomic mass is 127. The van der Waals surface area contributed by atoms with Gasteiger partial charge in [-0.3, -0.25) is 4.79 Å². The fraction of sp³-hybridized carbons (Fsp3) is 0.300. The van der Waals surface area contributed by atoms with Gasteiger partial charge in [0.05, 0.1) is 6.21 Å². The minimum absolute atomic E-state index is 0.0563. The van der Waals surface area contributed by atoms with Crippen LogP contribution in [0, 0.1) is 3.57 Å². The molecule has 0 aliphatic heterocycles. The summed E-state index contributed by atoms with van der Waals surface area (Å²) in [6.07, 6.45) is 6.38. The summed E-state index contributed by atoms with van der Waals surface area (Å²) in [5, 5.41) is 3.93. The molecule has 0 aliphatic carbocycles. The number of hydrazone groups is 1. The van der Waals surface area contributed by atoms with Crippen LogP contribution in [0.25, 0.3) is 0 Å². The first kappa shape index (κ1) is 19.4. The standard InChI is InChI=1S/C20H23IN2O2/c1-2-3-4-5-16-8-12-19(13-9-16)25-15-20(24)23-22-14-17-6-10-18(21)11-7-17/h6-14H,2-5,15H2,1H3,(H,23,24)/b22-14-. The highest BCUT2D eigenvalue weighted by molar-refractivity contribution is 14.1. The fourth-order valence-electron chi connectivity index (χ4n) is 2.24. The zero-order chi connectivity index (χ0) is 17.9. The number of ether oxygens (including phenoxy) is 1. The molecular weight excluding hydrogens is 427 g/mol. The first-order valence-electron chi connectivity index (χ1n) is 8.46. The number of halogens is 1. The van der Waals surface area contributed by atoms with Gasteiger partial charge in [-0.2, -0.15) is 5.10 Å². The molecule has 0 aromatic heterocycles. The summed E-state index contributed by atoms with van der Waals surface area (Å²) in [5.74, 6) is 0.407. The van der Waals surface area contributed by atoms with E-state index in [9.17, 15) is 4.79 Å². The number of carbonyl (C=O) groups is 1. The minimum atomic E-state index is -0.284. The van der Waals surface area contributed by atoms with E-state index in [1.165, 1.54) is 24.8 Å².